The van der Waals surface area contributed by atoms with Crippen LogP contribution in [0.15, 0.2) is 48.7 Å². The van der Waals surface area contributed by atoms with Gasteiger partial charge in [-0.05, 0) is 17.7 Å². The summed E-state index contributed by atoms with van der Waals surface area (Å²) in [6.07, 6.45) is 2.28. The fraction of sp³-hybridized carbons (Fsp3) is 0.0769. The summed E-state index contributed by atoms with van der Waals surface area (Å²) in [4.78, 5) is 4.27. The molecule has 0 unspecified atom stereocenters. The lowest BCUT2D eigenvalue weighted by Crippen LogP contribution is -2.12. The lowest BCUT2D eigenvalue weighted by atomic mass is 10.1. The molecule has 0 radical (unpaired) electrons. The second kappa shape index (κ2) is 4.57. The second-order valence-corrected chi connectivity index (χ2v) is 3.61. The molecule has 0 fully saturated rings. The quantitative estimate of drug-likeness (QED) is 0.604. The molecule has 0 saturated carbocycles. The van der Waals surface area contributed by atoms with Gasteiger partial charge in [-0.1, -0.05) is 30.3 Å². The van der Waals surface area contributed by atoms with Gasteiger partial charge >= 0.3 is 0 Å². The Labute approximate surface area is 94.5 Å². The standard InChI is InChI=1S/C13H13N3/c14-13(15)9-10-4-6-11(7-5-10)12-3-1-2-8-16-12/h1-8H,9H2,(H3,14,15). The second-order valence-electron chi connectivity index (χ2n) is 3.61. The molecular weight excluding hydrogens is 198 g/mol. The third-order valence-electron chi connectivity index (χ3n) is 2.31. The summed E-state index contributed by atoms with van der Waals surface area (Å²) in [5, 5.41) is 7.21. The molecular formula is C13H13N3. The molecule has 3 heteroatoms. The molecule has 1 aromatic carbocycles. The fourth-order valence-electron chi connectivity index (χ4n) is 1.55. The number of aromatic nitrogens is 1. The summed E-state index contributed by atoms with van der Waals surface area (Å²) < 4.78 is 0. The first-order valence-electron chi connectivity index (χ1n) is 5.09. The zero-order valence-electron chi connectivity index (χ0n) is 8.85. The first-order chi connectivity index (χ1) is 7.75. The molecule has 0 atom stereocenters. The summed E-state index contributed by atoms with van der Waals surface area (Å²) in [5.41, 5.74) is 8.43. The van der Waals surface area contributed by atoms with Crippen molar-refractivity contribution in [1.82, 2.24) is 4.98 Å². The number of nitrogens with two attached hydrogens (primary N) is 1. The number of nitrogens with one attached hydrogen (secondary N) is 1. The predicted octanol–water partition coefficient (Wildman–Crippen LogP) is 2.23. The summed E-state index contributed by atoms with van der Waals surface area (Å²) in [7, 11) is 0. The molecule has 3 nitrogen and oxygen atoms in total. The Morgan fingerprint density at radius 3 is 2.44 bits per heavy atom. The van der Waals surface area contributed by atoms with Gasteiger partial charge in [-0.15, -0.1) is 0 Å². The summed E-state index contributed by atoms with van der Waals surface area (Å²) in [5.74, 6) is 0.186. The fourth-order valence-corrected chi connectivity index (χ4v) is 1.55. The average molecular weight is 211 g/mol. The third kappa shape index (κ3) is 2.45. The molecule has 0 amide bonds. The number of benzene rings is 1. The topological polar surface area (TPSA) is 62.8 Å². The van der Waals surface area contributed by atoms with Crippen LogP contribution in [0.3, 0.4) is 0 Å². The molecule has 1 heterocycles. The molecule has 2 aromatic rings. The highest BCUT2D eigenvalue weighted by atomic mass is 14.7. The van der Waals surface area contributed by atoms with Crippen molar-refractivity contribution in [3.63, 3.8) is 0 Å². The van der Waals surface area contributed by atoms with Crippen molar-refractivity contribution in [2.24, 2.45) is 5.73 Å². The van der Waals surface area contributed by atoms with Crippen molar-refractivity contribution in [2.45, 2.75) is 6.42 Å². The number of hydrogen-bond acceptors (Lipinski definition) is 2. The Balaban J connectivity index is 2.23. The first-order valence-corrected chi connectivity index (χ1v) is 5.09. The van der Waals surface area contributed by atoms with E-state index in [-0.39, 0.29) is 5.84 Å². The van der Waals surface area contributed by atoms with Gasteiger partial charge in [0.25, 0.3) is 0 Å². The third-order valence-corrected chi connectivity index (χ3v) is 2.31. The van der Waals surface area contributed by atoms with Gasteiger partial charge in [0.2, 0.25) is 0 Å². The Morgan fingerprint density at radius 2 is 1.88 bits per heavy atom. The maximum absolute atomic E-state index is 7.21. The van der Waals surface area contributed by atoms with Crippen LogP contribution in [0.25, 0.3) is 11.3 Å². The summed E-state index contributed by atoms with van der Waals surface area (Å²) in [6, 6.07) is 13.8. The van der Waals surface area contributed by atoms with Gasteiger partial charge in [0.15, 0.2) is 0 Å². The minimum atomic E-state index is 0.186. The molecule has 0 spiro atoms. The number of hydrogen-bond donors (Lipinski definition) is 2. The van der Waals surface area contributed by atoms with Crippen LogP contribution < -0.4 is 5.73 Å². The SMILES string of the molecule is N=C(N)Cc1ccc(-c2ccccn2)cc1. The van der Waals surface area contributed by atoms with E-state index in [9.17, 15) is 0 Å². The minimum Gasteiger partial charge on any atom is -0.387 e. The lowest BCUT2D eigenvalue weighted by Gasteiger charge is -2.02. The molecule has 3 N–H and O–H groups in total. The van der Waals surface area contributed by atoms with E-state index >= 15 is 0 Å². The Morgan fingerprint density at radius 1 is 1.12 bits per heavy atom. The van der Waals surface area contributed by atoms with Crippen LogP contribution in [-0.2, 0) is 6.42 Å². The van der Waals surface area contributed by atoms with E-state index in [0.29, 0.717) is 6.42 Å². The summed E-state index contributed by atoms with van der Waals surface area (Å²) >= 11 is 0. The van der Waals surface area contributed by atoms with Crippen molar-refractivity contribution >= 4 is 5.84 Å². The highest BCUT2D eigenvalue weighted by Crippen LogP contribution is 2.16. The highest BCUT2D eigenvalue weighted by molar-refractivity contribution is 5.79. The van der Waals surface area contributed by atoms with Gasteiger partial charge in [0, 0.05) is 18.2 Å². The van der Waals surface area contributed by atoms with Crippen molar-refractivity contribution in [2.75, 3.05) is 0 Å². The summed E-state index contributed by atoms with van der Waals surface area (Å²) in [6.45, 7) is 0. The van der Waals surface area contributed by atoms with Gasteiger partial charge in [0.05, 0.1) is 11.5 Å². The molecule has 1 aromatic heterocycles. The van der Waals surface area contributed by atoms with Gasteiger partial charge in [-0.25, -0.2) is 0 Å². The molecule has 0 aliphatic rings. The Hall–Kier alpha value is -2.16. The Bertz CT molecular complexity index is 474. The molecule has 2 rings (SSSR count). The molecule has 0 aliphatic carbocycles. The van der Waals surface area contributed by atoms with Crippen LogP contribution >= 0.6 is 0 Å². The number of pyridine rings is 1. The van der Waals surface area contributed by atoms with Crippen LogP contribution in [0, 0.1) is 5.41 Å². The van der Waals surface area contributed by atoms with E-state index in [1.165, 1.54) is 0 Å². The molecule has 0 aliphatic heterocycles. The predicted molar refractivity (Wildman–Crippen MR) is 65.3 cm³/mol. The van der Waals surface area contributed by atoms with E-state index in [0.717, 1.165) is 16.8 Å². The van der Waals surface area contributed by atoms with Crippen molar-refractivity contribution in [3.05, 3.63) is 54.2 Å². The maximum Gasteiger partial charge on any atom is 0.0950 e. The smallest absolute Gasteiger partial charge is 0.0950 e. The van der Waals surface area contributed by atoms with E-state index in [1.807, 2.05) is 42.5 Å². The van der Waals surface area contributed by atoms with Crippen molar-refractivity contribution in [3.8, 4) is 11.3 Å². The number of rotatable bonds is 3. The first kappa shape index (κ1) is 10.4. The average Bonchev–Trinajstić information content (AvgIpc) is 2.30. The molecule has 80 valence electrons. The van der Waals surface area contributed by atoms with Crippen LogP contribution in [0.1, 0.15) is 5.56 Å². The molecule has 16 heavy (non-hydrogen) atoms. The van der Waals surface area contributed by atoms with Crippen LogP contribution in [0.4, 0.5) is 0 Å². The number of amidine groups is 1. The Kier molecular flexibility index (Phi) is 2.96. The van der Waals surface area contributed by atoms with E-state index in [4.69, 9.17) is 11.1 Å². The largest absolute Gasteiger partial charge is 0.387 e. The zero-order valence-corrected chi connectivity index (χ0v) is 8.85. The van der Waals surface area contributed by atoms with Gasteiger partial charge in [0.1, 0.15) is 0 Å². The van der Waals surface area contributed by atoms with E-state index in [2.05, 4.69) is 4.98 Å². The monoisotopic (exact) mass is 211 g/mol. The van der Waals surface area contributed by atoms with Crippen molar-refractivity contribution in [1.29, 1.82) is 5.41 Å². The van der Waals surface area contributed by atoms with Gasteiger partial charge in [-0.3, -0.25) is 10.4 Å². The zero-order chi connectivity index (χ0) is 11.4. The highest BCUT2D eigenvalue weighted by Gasteiger charge is 1.99. The normalized spacial score (nSPS) is 10.0. The van der Waals surface area contributed by atoms with Crippen molar-refractivity contribution < 1.29 is 0 Å². The number of nitrogens with zero attached hydrogens (tertiary/aromatic N) is 1. The molecule has 0 saturated heterocycles. The minimum absolute atomic E-state index is 0.186. The van der Waals surface area contributed by atoms with E-state index in [1.54, 1.807) is 6.20 Å². The lowest BCUT2D eigenvalue weighted by molar-refractivity contribution is 1.24. The van der Waals surface area contributed by atoms with Crippen LogP contribution in [0.2, 0.25) is 0 Å². The maximum atomic E-state index is 7.21. The van der Waals surface area contributed by atoms with Gasteiger partial charge < -0.3 is 5.73 Å². The van der Waals surface area contributed by atoms with Crippen LogP contribution in [0.5, 0.6) is 0 Å². The van der Waals surface area contributed by atoms with Crippen LogP contribution in [-0.4, -0.2) is 10.8 Å². The van der Waals surface area contributed by atoms with E-state index < -0.39 is 0 Å². The molecule has 0 bridgehead atoms. The van der Waals surface area contributed by atoms with Gasteiger partial charge in [-0.2, -0.15) is 0 Å².